The van der Waals surface area contributed by atoms with Crippen molar-refractivity contribution >= 4 is 5.69 Å². The lowest BCUT2D eigenvalue weighted by atomic mass is 10.00. The van der Waals surface area contributed by atoms with Gasteiger partial charge in [-0.25, -0.2) is 0 Å². The fourth-order valence-electron chi connectivity index (χ4n) is 1.62. The smallest absolute Gasteiger partial charge is 0.275 e. The van der Waals surface area contributed by atoms with Gasteiger partial charge in [0.15, 0.2) is 0 Å². The van der Waals surface area contributed by atoms with Crippen LogP contribution in [0.25, 0.3) is 0 Å². The van der Waals surface area contributed by atoms with Crippen molar-refractivity contribution in [2.24, 2.45) is 5.73 Å². The molecular weight excluding hydrogens is 240 g/mol. The van der Waals surface area contributed by atoms with E-state index >= 15 is 0 Å². The summed E-state index contributed by atoms with van der Waals surface area (Å²) in [5, 5.41) is 39.1. The molecule has 0 radical (unpaired) electrons. The van der Waals surface area contributed by atoms with Crippen molar-refractivity contribution in [3.05, 3.63) is 39.4 Å². The van der Waals surface area contributed by atoms with Crippen molar-refractivity contribution in [3.63, 3.8) is 0 Å². The molecule has 0 saturated heterocycles. The molecule has 2 atom stereocenters. The quantitative estimate of drug-likeness (QED) is 0.413. The first-order valence-corrected chi connectivity index (χ1v) is 5.45. The molecule has 1 aromatic carbocycles. The van der Waals surface area contributed by atoms with Crippen LogP contribution in [0.3, 0.4) is 0 Å². The summed E-state index contributed by atoms with van der Waals surface area (Å²) in [4.78, 5) is 10.1. The molecule has 7 heteroatoms. The maximum absolute atomic E-state index is 10.8. The Bertz CT molecular complexity index is 424. The number of aliphatic hydroxyl groups is 3. The summed E-state index contributed by atoms with van der Waals surface area (Å²) in [7, 11) is 0. The second-order valence-electron chi connectivity index (χ2n) is 3.89. The number of hydrogen-bond donors (Lipinski definition) is 4. The largest absolute Gasteiger partial charge is 0.391 e. The zero-order chi connectivity index (χ0) is 13.7. The summed E-state index contributed by atoms with van der Waals surface area (Å²) in [5.74, 6) is 0. The fraction of sp³-hybridized carbons (Fsp3) is 0.455. The average molecular weight is 256 g/mol. The first-order valence-electron chi connectivity index (χ1n) is 5.45. The zero-order valence-electron chi connectivity index (χ0n) is 9.69. The second kappa shape index (κ2) is 6.41. The molecule has 0 heterocycles. The Balaban J connectivity index is 3.04. The topological polar surface area (TPSA) is 130 Å². The Morgan fingerprint density at radius 2 is 2.06 bits per heavy atom. The molecule has 18 heavy (non-hydrogen) atoms. The number of benzene rings is 1. The standard InChI is InChI=1S/C11H16N2O5/c12-4-3-10(15)11(16)7-1-2-8(6-14)9(5-7)13(17)18/h1-2,5,10-11,14-16H,3-4,6,12H2. The van der Waals surface area contributed by atoms with Gasteiger partial charge < -0.3 is 21.1 Å². The van der Waals surface area contributed by atoms with Gasteiger partial charge in [-0.1, -0.05) is 6.07 Å². The van der Waals surface area contributed by atoms with Gasteiger partial charge in [-0.2, -0.15) is 0 Å². The van der Waals surface area contributed by atoms with Crippen molar-refractivity contribution in [2.45, 2.75) is 25.2 Å². The molecule has 0 aliphatic rings. The molecular formula is C11H16N2O5. The minimum atomic E-state index is -1.24. The first kappa shape index (κ1) is 14.5. The lowest BCUT2D eigenvalue weighted by Gasteiger charge is -2.17. The van der Waals surface area contributed by atoms with Gasteiger partial charge in [0.2, 0.25) is 0 Å². The van der Waals surface area contributed by atoms with Gasteiger partial charge >= 0.3 is 0 Å². The average Bonchev–Trinajstić information content (AvgIpc) is 2.37. The molecule has 1 aromatic rings. The molecule has 0 saturated carbocycles. The molecule has 0 fully saturated rings. The van der Waals surface area contributed by atoms with Gasteiger partial charge in [-0.15, -0.1) is 0 Å². The van der Waals surface area contributed by atoms with Gasteiger partial charge in [0, 0.05) is 6.07 Å². The second-order valence-corrected chi connectivity index (χ2v) is 3.89. The van der Waals surface area contributed by atoms with E-state index in [2.05, 4.69) is 0 Å². The van der Waals surface area contributed by atoms with E-state index in [0.717, 1.165) is 6.07 Å². The van der Waals surface area contributed by atoms with Gasteiger partial charge in [-0.05, 0) is 24.6 Å². The summed E-state index contributed by atoms with van der Waals surface area (Å²) in [6.45, 7) is -0.257. The summed E-state index contributed by atoms with van der Waals surface area (Å²) >= 11 is 0. The van der Waals surface area contributed by atoms with Gasteiger partial charge in [0.05, 0.1) is 23.2 Å². The third-order valence-corrected chi connectivity index (χ3v) is 2.64. The SMILES string of the molecule is NCCC(O)C(O)c1ccc(CO)c([N+](=O)[O-])c1. The highest BCUT2D eigenvalue weighted by molar-refractivity contribution is 5.43. The molecule has 0 spiro atoms. The number of hydrogen-bond acceptors (Lipinski definition) is 6. The maximum Gasteiger partial charge on any atom is 0.275 e. The molecule has 0 aliphatic carbocycles. The summed E-state index contributed by atoms with van der Waals surface area (Å²) in [6.07, 6.45) is -2.12. The number of nitro benzene ring substituents is 1. The fourth-order valence-corrected chi connectivity index (χ4v) is 1.62. The van der Waals surface area contributed by atoms with Crippen LogP contribution in [0.5, 0.6) is 0 Å². The van der Waals surface area contributed by atoms with Crippen LogP contribution < -0.4 is 5.73 Å². The summed E-state index contributed by atoms with van der Waals surface area (Å²) < 4.78 is 0. The Kier molecular flexibility index (Phi) is 5.17. The third kappa shape index (κ3) is 3.23. The van der Waals surface area contributed by atoms with Crippen LogP contribution in [-0.4, -0.2) is 32.9 Å². The predicted octanol–water partition coefficient (Wildman–Crippen LogP) is -0.170. The summed E-state index contributed by atoms with van der Waals surface area (Å²) in [6, 6.07) is 3.94. The number of rotatable bonds is 6. The van der Waals surface area contributed by atoms with Gasteiger partial charge in [0.25, 0.3) is 5.69 Å². The Labute approximate surface area is 104 Å². The maximum atomic E-state index is 10.8. The van der Waals surface area contributed by atoms with E-state index in [9.17, 15) is 20.3 Å². The van der Waals surface area contributed by atoms with Crippen molar-refractivity contribution in [3.8, 4) is 0 Å². The van der Waals surface area contributed by atoms with E-state index in [-0.39, 0.29) is 29.8 Å². The number of nitro groups is 1. The van der Waals surface area contributed by atoms with E-state index in [1.807, 2.05) is 0 Å². The van der Waals surface area contributed by atoms with E-state index in [0.29, 0.717) is 0 Å². The lowest BCUT2D eigenvalue weighted by Crippen LogP contribution is -2.21. The Hall–Kier alpha value is -1.54. The third-order valence-electron chi connectivity index (χ3n) is 2.64. The molecule has 0 bridgehead atoms. The van der Waals surface area contributed by atoms with E-state index in [1.165, 1.54) is 12.1 Å². The Morgan fingerprint density at radius 1 is 1.39 bits per heavy atom. The van der Waals surface area contributed by atoms with E-state index in [4.69, 9.17) is 10.8 Å². The monoisotopic (exact) mass is 256 g/mol. The molecule has 1 rings (SSSR count). The van der Waals surface area contributed by atoms with Crippen molar-refractivity contribution in [1.29, 1.82) is 0 Å². The van der Waals surface area contributed by atoms with Crippen LogP contribution in [0.4, 0.5) is 5.69 Å². The van der Waals surface area contributed by atoms with Gasteiger partial charge in [-0.3, -0.25) is 10.1 Å². The number of nitrogens with two attached hydrogens (primary N) is 1. The highest BCUT2D eigenvalue weighted by atomic mass is 16.6. The molecule has 0 aromatic heterocycles. The van der Waals surface area contributed by atoms with Crippen molar-refractivity contribution < 1.29 is 20.2 Å². The molecule has 2 unspecified atom stereocenters. The minimum Gasteiger partial charge on any atom is -0.391 e. The van der Waals surface area contributed by atoms with E-state index in [1.54, 1.807) is 0 Å². The normalized spacial score (nSPS) is 14.2. The van der Waals surface area contributed by atoms with Crippen LogP contribution in [0.15, 0.2) is 18.2 Å². The molecule has 5 N–H and O–H groups in total. The van der Waals surface area contributed by atoms with E-state index < -0.39 is 23.7 Å². The minimum absolute atomic E-state index is 0.157. The van der Waals surface area contributed by atoms with Gasteiger partial charge in [0.1, 0.15) is 6.10 Å². The zero-order valence-corrected chi connectivity index (χ0v) is 9.69. The van der Waals surface area contributed by atoms with Crippen molar-refractivity contribution in [1.82, 2.24) is 0 Å². The molecule has 100 valence electrons. The molecule has 0 amide bonds. The highest BCUT2D eigenvalue weighted by Crippen LogP contribution is 2.26. The van der Waals surface area contributed by atoms with Crippen LogP contribution in [-0.2, 0) is 6.61 Å². The Morgan fingerprint density at radius 3 is 2.56 bits per heavy atom. The van der Waals surface area contributed by atoms with Crippen LogP contribution >= 0.6 is 0 Å². The van der Waals surface area contributed by atoms with Crippen LogP contribution in [0.2, 0.25) is 0 Å². The number of aliphatic hydroxyl groups excluding tert-OH is 3. The summed E-state index contributed by atoms with van der Waals surface area (Å²) in [5.41, 5.74) is 5.35. The number of nitrogens with zero attached hydrogens (tertiary/aromatic N) is 1. The van der Waals surface area contributed by atoms with Crippen molar-refractivity contribution in [2.75, 3.05) is 6.54 Å². The predicted molar refractivity (Wildman–Crippen MR) is 63.7 cm³/mol. The van der Waals surface area contributed by atoms with Crippen LogP contribution in [0, 0.1) is 10.1 Å². The lowest BCUT2D eigenvalue weighted by molar-refractivity contribution is -0.386. The first-order chi connectivity index (χ1) is 8.51. The highest BCUT2D eigenvalue weighted by Gasteiger charge is 2.21. The molecule has 7 nitrogen and oxygen atoms in total. The van der Waals surface area contributed by atoms with Crippen LogP contribution in [0.1, 0.15) is 23.7 Å². The molecule has 0 aliphatic heterocycles.